The van der Waals surface area contributed by atoms with Crippen LogP contribution in [0.1, 0.15) is 30.8 Å². The third-order valence-corrected chi connectivity index (χ3v) is 4.07. The Hall–Kier alpha value is -1.14. The number of hydrogen-bond donors (Lipinski definition) is 1. The van der Waals surface area contributed by atoms with Crippen molar-refractivity contribution in [1.82, 2.24) is 4.98 Å². The summed E-state index contributed by atoms with van der Waals surface area (Å²) in [7, 11) is 0. The van der Waals surface area contributed by atoms with Crippen LogP contribution in [0.15, 0.2) is 5.38 Å². The van der Waals surface area contributed by atoms with Crippen molar-refractivity contribution in [3.05, 3.63) is 11.1 Å². The van der Waals surface area contributed by atoms with Crippen LogP contribution >= 0.6 is 11.3 Å². The molecule has 1 aliphatic rings. The zero-order valence-corrected chi connectivity index (χ0v) is 11.4. The zero-order chi connectivity index (χ0) is 13.1. The molecule has 0 aromatic carbocycles. The maximum atomic E-state index is 11.5. The van der Waals surface area contributed by atoms with E-state index < -0.39 is 0 Å². The number of aliphatic hydroxyl groups is 1. The first-order chi connectivity index (χ1) is 8.61. The first-order valence-corrected chi connectivity index (χ1v) is 7.05. The maximum absolute atomic E-state index is 11.5. The molecule has 0 amide bonds. The molecule has 1 N–H and O–H groups in total. The number of esters is 1. The van der Waals surface area contributed by atoms with Gasteiger partial charge in [-0.15, -0.1) is 11.3 Å². The lowest BCUT2D eigenvalue weighted by Crippen LogP contribution is -2.42. The third-order valence-electron chi connectivity index (χ3n) is 3.17. The van der Waals surface area contributed by atoms with E-state index >= 15 is 0 Å². The van der Waals surface area contributed by atoms with Crippen molar-refractivity contribution in [1.29, 1.82) is 0 Å². The molecule has 100 valence electrons. The van der Waals surface area contributed by atoms with E-state index in [1.54, 1.807) is 12.3 Å². The quantitative estimate of drug-likeness (QED) is 0.844. The monoisotopic (exact) mass is 270 g/mol. The van der Waals surface area contributed by atoms with E-state index in [0.29, 0.717) is 24.8 Å². The summed E-state index contributed by atoms with van der Waals surface area (Å²) in [6.45, 7) is 5.62. The van der Waals surface area contributed by atoms with Gasteiger partial charge in [0.2, 0.25) is 0 Å². The Balaban J connectivity index is 2.04. The summed E-state index contributed by atoms with van der Waals surface area (Å²) >= 11 is 1.42. The van der Waals surface area contributed by atoms with Crippen molar-refractivity contribution >= 4 is 22.4 Å². The number of ether oxygens (including phenoxy) is 1. The number of aromatic nitrogens is 1. The highest BCUT2D eigenvalue weighted by Crippen LogP contribution is 2.26. The molecule has 1 saturated heterocycles. The molecule has 1 aliphatic heterocycles. The molecule has 2 unspecified atom stereocenters. The number of carbonyl (C=O) groups is 1. The highest BCUT2D eigenvalue weighted by Gasteiger charge is 2.26. The highest BCUT2D eigenvalue weighted by molar-refractivity contribution is 7.13. The largest absolute Gasteiger partial charge is 0.461 e. The molecule has 0 spiro atoms. The van der Waals surface area contributed by atoms with Gasteiger partial charge in [0.1, 0.15) is 0 Å². The van der Waals surface area contributed by atoms with Gasteiger partial charge in [-0.05, 0) is 19.3 Å². The summed E-state index contributed by atoms with van der Waals surface area (Å²) in [5.74, 6) is -0.0586. The minimum atomic E-state index is -0.383. The topological polar surface area (TPSA) is 62.7 Å². The Kier molecular flexibility index (Phi) is 4.19. The van der Waals surface area contributed by atoms with Gasteiger partial charge in [-0.3, -0.25) is 0 Å². The number of aliphatic hydroxyl groups excluding tert-OH is 1. The number of carbonyl (C=O) groups excluding carboxylic acids is 1. The van der Waals surface area contributed by atoms with Crippen molar-refractivity contribution in [3.63, 3.8) is 0 Å². The van der Waals surface area contributed by atoms with Crippen molar-refractivity contribution < 1.29 is 14.6 Å². The summed E-state index contributed by atoms with van der Waals surface area (Å²) in [6.07, 6.45) is 0.615. The third kappa shape index (κ3) is 2.81. The Morgan fingerprint density at radius 3 is 3.17 bits per heavy atom. The van der Waals surface area contributed by atoms with Gasteiger partial charge in [0, 0.05) is 18.5 Å². The van der Waals surface area contributed by atoms with Crippen LogP contribution in [0.2, 0.25) is 0 Å². The molecule has 0 bridgehead atoms. The molecule has 6 heteroatoms. The number of anilines is 1. The molecule has 18 heavy (non-hydrogen) atoms. The van der Waals surface area contributed by atoms with E-state index in [2.05, 4.69) is 4.98 Å². The fourth-order valence-electron chi connectivity index (χ4n) is 1.93. The van der Waals surface area contributed by atoms with E-state index in [0.717, 1.165) is 18.1 Å². The van der Waals surface area contributed by atoms with Crippen molar-refractivity contribution in [2.45, 2.75) is 26.4 Å². The van der Waals surface area contributed by atoms with E-state index in [-0.39, 0.29) is 12.1 Å². The van der Waals surface area contributed by atoms with Gasteiger partial charge < -0.3 is 14.7 Å². The van der Waals surface area contributed by atoms with E-state index in [1.807, 2.05) is 11.8 Å². The molecule has 0 radical (unpaired) electrons. The minimum absolute atomic E-state index is 0.325. The van der Waals surface area contributed by atoms with Gasteiger partial charge in [0.05, 0.1) is 12.7 Å². The van der Waals surface area contributed by atoms with Crippen LogP contribution in [0.25, 0.3) is 0 Å². The fraction of sp³-hybridized carbons (Fsp3) is 0.667. The van der Waals surface area contributed by atoms with Gasteiger partial charge in [-0.25, -0.2) is 9.78 Å². The van der Waals surface area contributed by atoms with Gasteiger partial charge in [-0.1, -0.05) is 6.92 Å². The Morgan fingerprint density at radius 1 is 1.72 bits per heavy atom. The second kappa shape index (κ2) is 5.67. The summed E-state index contributed by atoms with van der Waals surface area (Å²) in [5.41, 5.74) is 0.352. The minimum Gasteiger partial charge on any atom is -0.461 e. The molecule has 2 atom stereocenters. The predicted octanol–water partition coefficient (Wildman–Crippen LogP) is 1.53. The highest BCUT2D eigenvalue weighted by atomic mass is 32.1. The molecule has 1 fully saturated rings. The number of rotatable bonds is 3. The van der Waals surface area contributed by atoms with Crippen LogP contribution in [0, 0.1) is 5.92 Å². The maximum Gasteiger partial charge on any atom is 0.357 e. The molecule has 2 heterocycles. The Morgan fingerprint density at radius 2 is 2.50 bits per heavy atom. The Labute approximate surface area is 110 Å². The standard InChI is InChI=1S/C12H18N2O3S/c1-3-17-11(16)9-7-18-12(13-9)14-5-4-8(2)10(15)6-14/h7-8,10,15H,3-6H2,1-2H3. The van der Waals surface area contributed by atoms with Crippen molar-refractivity contribution in [3.8, 4) is 0 Å². The second-order valence-electron chi connectivity index (χ2n) is 4.52. The van der Waals surface area contributed by atoms with Crippen LogP contribution in [-0.2, 0) is 4.74 Å². The van der Waals surface area contributed by atoms with E-state index in [1.165, 1.54) is 11.3 Å². The van der Waals surface area contributed by atoms with Crippen LogP contribution in [-0.4, -0.2) is 41.9 Å². The molecule has 2 rings (SSSR count). The number of hydrogen-bond acceptors (Lipinski definition) is 6. The van der Waals surface area contributed by atoms with Gasteiger partial charge in [0.15, 0.2) is 10.8 Å². The first kappa shape index (κ1) is 13.3. The zero-order valence-electron chi connectivity index (χ0n) is 10.6. The molecule has 0 aliphatic carbocycles. The van der Waals surface area contributed by atoms with Crippen molar-refractivity contribution in [2.24, 2.45) is 5.92 Å². The number of nitrogens with zero attached hydrogens (tertiary/aromatic N) is 2. The average molecular weight is 270 g/mol. The fourth-order valence-corrected chi connectivity index (χ4v) is 2.76. The van der Waals surface area contributed by atoms with Crippen LogP contribution in [0.4, 0.5) is 5.13 Å². The smallest absolute Gasteiger partial charge is 0.357 e. The van der Waals surface area contributed by atoms with E-state index in [9.17, 15) is 9.90 Å². The SMILES string of the molecule is CCOC(=O)c1csc(N2CCC(C)C(O)C2)n1. The summed E-state index contributed by atoms with van der Waals surface area (Å²) in [4.78, 5) is 17.8. The molecule has 0 saturated carbocycles. The molecule has 1 aromatic rings. The second-order valence-corrected chi connectivity index (χ2v) is 5.35. The summed E-state index contributed by atoms with van der Waals surface area (Å²) < 4.78 is 4.90. The van der Waals surface area contributed by atoms with Crippen molar-refractivity contribution in [2.75, 3.05) is 24.6 Å². The van der Waals surface area contributed by atoms with Crippen LogP contribution in [0.5, 0.6) is 0 Å². The average Bonchev–Trinajstić information content (AvgIpc) is 2.82. The number of β-amino-alcohol motifs (C(OH)–C–C–N with tert-alkyl or cyclic N) is 1. The van der Waals surface area contributed by atoms with Gasteiger partial charge in [0.25, 0.3) is 0 Å². The normalized spacial score (nSPS) is 24.1. The van der Waals surface area contributed by atoms with Crippen LogP contribution < -0.4 is 4.90 Å². The Bertz CT molecular complexity index is 421. The lowest BCUT2D eigenvalue weighted by Gasteiger charge is -2.33. The lowest BCUT2D eigenvalue weighted by molar-refractivity contribution is 0.0520. The first-order valence-electron chi connectivity index (χ1n) is 6.17. The molecular formula is C12H18N2O3S. The number of thiazole rings is 1. The molecule has 1 aromatic heterocycles. The summed E-state index contributed by atoms with van der Waals surface area (Å²) in [5, 5.41) is 12.3. The van der Waals surface area contributed by atoms with Gasteiger partial charge in [-0.2, -0.15) is 0 Å². The van der Waals surface area contributed by atoms with Crippen LogP contribution in [0.3, 0.4) is 0 Å². The molecular weight excluding hydrogens is 252 g/mol. The van der Waals surface area contributed by atoms with E-state index in [4.69, 9.17) is 4.74 Å². The lowest BCUT2D eigenvalue weighted by atomic mass is 9.96. The number of piperidine rings is 1. The van der Waals surface area contributed by atoms with Gasteiger partial charge >= 0.3 is 5.97 Å². The molecule has 5 nitrogen and oxygen atoms in total. The predicted molar refractivity (Wildman–Crippen MR) is 70.1 cm³/mol. The summed E-state index contributed by atoms with van der Waals surface area (Å²) in [6, 6.07) is 0.